The van der Waals surface area contributed by atoms with E-state index in [1.165, 1.54) is 5.57 Å². The highest BCUT2D eigenvalue weighted by Gasteiger charge is 1.87. The predicted octanol–water partition coefficient (Wildman–Crippen LogP) is 3.54. The highest BCUT2D eigenvalue weighted by atomic mass is 15.0. The zero-order valence-corrected chi connectivity index (χ0v) is 8.14. The zero-order valence-electron chi connectivity index (χ0n) is 8.14. The van der Waals surface area contributed by atoms with Gasteiger partial charge >= 0.3 is 0 Å². The van der Waals surface area contributed by atoms with Gasteiger partial charge in [0.25, 0.3) is 0 Å². The van der Waals surface area contributed by atoms with Crippen molar-refractivity contribution in [2.45, 2.75) is 41.7 Å². The SMILES string of the molecule is C.C.CC1=CN=CC1.CCn1ccnc1. The van der Waals surface area contributed by atoms with Crippen molar-refractivity contribution < 1.29 is 0 Å². The lowest BCUT2D eigenvalue weighted by Gasteiger charge is -1.87. The van der Waals surface area contributed by atoms with Gasteiger partial charge in [-0.3, -0.25) is 4.99 Å². The van der Waals surface area contributed by atoms with Crippen LogP contribution in [0.3, 0.4) is 0 Å². The van der Waals surface area contributed by atoms with Crippen molar-refractivity contribution >= 4 is 6.21 Å². The minimum atomic E-state index is 0. The van der Waals surface area contributed by atoms with Crippen LogP contribution in [0.1, 0.15) is 35.1 Å². The maximum Gasteiger partial charge on any atom is 0.0945 e. The van der Waals surface area contributed by atoms with E-state index in [-0.39, 0.29) is 14.9 Å². The summed E-state index contributed by atoms with van der Waals surface area (Å²) in [6.07, 6.45) is 10.4. The Morgan fingerprint density at radius 3 is 2.33 bits per heavy atom. The van der Waals surface area contributed by atoms with Crippen molar-refractivity contribution in [2.75, 3.05) is 0 Å². The number of rotatable bonds is 1. The molecule has 0 spiro atoms. The second-order valence-electron chi connectivity index (χ2n) is 2.90. The lowest BCUT2D eigenvalue weighted by atomic mass is 10.3. The van der Waals surface area contributed by atoms with Gasteiger partial charge in [-0.1, -0.05) is 14.9 Å². The smallest absolute Gasteiger partial charge is 0.0945 e. The molecule has 0 aliphatic carbocycles. The minimum absolute atomic E-state index is 0. The number of aryl methyl sites for hydroxylation is 1. The van der Waals surface area contributed by atoms with Crippen LogP contribution in [0.5, 0.6) is 0 Å². The molecule has 0 amide bonds. The first kappa shape index (κ1) is 16.1. The minimum Gasteiger partial charge on any atom is -0.338 e. The Balaban J connectivity index is 0. The Labute approximate surface area is 93.6 Å². The van der Waals surface area contributed by atoms with Crippen LogP contribution in [0, 0.1) is 0 Å². The molecule has 1 aliphatic heterocycles. The standard InChI is InChI=1S/C5H8N2.C5H7N.2CH4/c1-2-7-4-3-6-5-7;1-5-2-3-6-4-5;;/h3-5H,2H2,1H3;3-4H,2H2,1H3;2*1H4. The molecule has 3 heteroatoms. The molecule has 0 saturated heterocycles. The van der Waals surface area contributed by atoms with E-state index in [4.69, 9.17) is 0 Å². The molecule has 15 heavy (non-hydrogen) atoms. The summed E-state index contributed by atoms with van der Waals surface area (Å²) < 4.78 is 2.01. The number of aromatic nitrogens is 2. The largest absolute Gasteiger partial charge is 0.338 e. The van der Waals surface area contributed by atoms with Crippen LogP contribution in [-0.2, 0) is 6.54 Å². The van der Waals surface area contributed by atoms with E-state index in [0.29, 0.717) is 0 Å². The van der Waals surface area contributed by atoms with Crippen LogP contribution < -0.4 is 0 Å². The first-order valence-electron chi connectivity index (χ1n) is 4.46. The molecule has 0 unspecified atom stereocenters. The van der Waals surface area contributed by atoms with E-state index >= 15 is 0 Å². The zero-order chi connectivity index (χ0) is 9.52. The third-order valence-corrected chi connectivity index (χ3v) is 1.74. The highest BCUT2D eigenvalue weighted by molar-refractivity contribution is 5.64. The lowest BCUT2D eigenvalue weighted by molar-refractivity contribution is 0.761. The quantitative estimate of drug-likeness (QED) is 0.695. The molecule has 0 bridgehead atoms. The summed E-state index contributed by atoms with van der Waals surface area (Å²) in [6.45, 7) is 5.18. The van der Waals surface area contributed by atoms with Gasteiger partial charge in [0.2, 0.25) is 0 Å². The predicted molar refractivity (Wildman–Crippen MR) is 68.2 cm³/mol. The summed E-state index contributed by atoms with van der Waals surface area (Å²) >= 11 is 0. The molecule has 0 N–H and O–H groups in total. The van der Waals surface area contributed by atoms with Crippen LogP contribution in [-0.4, -0.2) is 15.8 Å². The second-order valence-corrected chi connectivity index (χ2v) is 2.90. The van der Waals surface area contributed by atoms with Crippen molar-refractivity contribution in [2.24, 2.45) is 4.99 Å². The average Bonchev–Trinajstić information content (AvgIpc) is 2.76. The van der Waals surface area contributed by atoms with Crippen LogP contribution in [0.4, 0.5) is 0 Å². The molecule has 1 aromatic rings. The van der Waals surface area contributed by atoms with Crippen molar-refractivity contribution in [3.05, 3.63) is 30.5 Å². The maximum atomic E-state index is 3.88. The molecule has 1 aromatic heterocycles. The van der Waals surface area contributed by atoms with Crippen LogP contribution >= 0.6 is 0 Å². The van der Waals surface area contributed by atoms with Gasteiger partial charge < -0.3 is 4.57 Å². The number of nitrogens with zero attached hydrogens (tertiary/aromatic N) is 3. The fourth-order valence-electron chi connectivity index (χ4n) is 0.903. The maximum absolute atomic E-state index is 3.88. The van der Waals surface area contributed by atoms with Crippen molar-refractivity contribution in [1.29, 1.82) is 0 Å². The topological polar surface area (TPSA) is 30.2 Å². The van der Waals surface area contributed by atoms with E-state index in [0.717, 1.165) is 13.0 Å². The fraction of sp³-hybridized carbons (Fsp3) is 0.500. The van der Waals surface area contributed by atoms with Crippen molar-refractivity contribution in [3.8, 4) is 0 Å². The van der Waals surface area contributed by atoms with Crippen molar-refractivity contribution in [1.82, 2.24) is 9.55 Å². The van der Waals surface area contributed by atoms with E-state index in [2.05, 4.69) is 23.8 Å². The third kappa shape index (κ3) is 6.66. The molecule has 0 aromatic carbocycles. The van der Waals surface area contributed by atoms with Gasteiger partial charge in [0.1, 0.15) is 0 Å². The summed E-state index contributed by atoms with van der Waals surface area (Å²) in [5.74, 6) is 0. The Morgan fingerprint density at radius 1 is 1.40 bits per heavy atom. The molecule has 0 fully saturated rings. The van der Waals surface area contributed by atoms with E-state index in [1.807, 2.05) is 23.2 Å². The molecule has 0 radical (unpaired) electrons. The second kappa shape index (κ2) is 9.19. The summed E-state index contributed by atoms with van der Waals surface area (Å²) in [6, 6.07) is 0. The first-order chi connectivity index (χ1) is 6.33. The van der Waals surface area contributed by atoms with Gasteiger partial charge in [0.15, 0.2) is 0 Å². The first-order valence-corrected chi connectivity index (χ1v) is 4.46. The molecule has 1 aliphatic rings. The van der Waals surface area contributed by atoms with Crippen LogP contribution in [0.25, 0.3) is 0 Å². The van der Waals surface area contributed by atoms with Gasteiger partial charge in [-0.2, -0.15) is 0 Å². The van der Waals surface area contributed by atoms with E-state index in [9.17, 15) is 0 Å². The number of imidazole rings is 1. The molecule has 86 valence electrons. The van der Waals surface area contributed by atoms with E-state index in [1.54, 1.807) is 12.5 Å². The van der Waals surface area contributed by atoms with Crippen LogP contribution in [0.2, 0.25) is 0 Å². The summed E-state index contributed by atoms with van der Waals surface area (Å²) in [5.41, 5.74) is 1.36. The van der Waals surface area contributed by atoms with E-state index < -0.39 is 0 Å². The van der Waals surface area contributed by atoms with Gasteiger partial charge in [-0.15, -0.1) is 0 Å². The van der Waals surface area contributed by atoms with Gasteiger partial charge in [-0.05, 0) is 19.4 Å². The Morgan fingerprint density at radius 2 is 2.13 bits per heavy atom. The third-order valence-electron chi connectivity index (χ3n) is 1.74. The summed E-state index contributed by atoms with van der Waals surface area (Å²) in [5, 5.41) is 0. The normalized spacial score (nSPS) is 11.7. The molecular weight excluding hydrogens is 186 g/mol. The molecule has 2 heterocycles. The fourth-order valence-corrected chi connectivity index (χ4v) is 0.903. The number of aliphatic imine (C=N–C) groups is 1. The van der Waals surface area contributed by atoms with Gasteiger partial charge in [0.05, 0.1) is 6.33 Å². The molecule has 2 rings (SSSR count). The highest BCUT2D eigenvalue weighted by Crippen LogP contribution is 2.01. The number of hydrogen-bond acceptors (Lipinski definition) is 2. The molecule has 3 nitrogen and oxygen atoms in total. The van der Waals surface area contributed by atoms with Crippen LogP contribution in [0.15, 0.2) is 35.5 Å². The summed E-state index contributed by atoms with van der Waals surface area (Å²) in [7, 11) is 0. The average molecular weight is 209 g/mol. The van der Waals surface area contributed by atoms with Crippen molar-refractivity contribution in [3.63, 3.8) is 0 Å². The number of hydrogen-bond donors (Lipinski definition) is 0. The summed E-state index contributed by atoms with van der Waals surface area (Å²) in [4.78, 5) is 7.73. The monoisotopic (exact) mass is 209 g/mol. The Hall–Kier alpha value is -1.38. The molecular formula is C12H23N3. The van der Waals surface area contributed by atoms with Gasteiger partial charge in [-0.25, -0.2) is 4.98 Å². The molecule has 0 atom stereocenters. The van der Waals surface area contributed by atoms with Gasteiger partial charge in [0, 0.05) is 37.8 Å². The Kier molecular flexibility index (Phi) is 9.84. The Bertz CT molecular complexity index is 284. The number of allylic oxidation sites excluding steroid dienone is 1. The lowest BCUT2D eigenvalue weighted by Crippen LogP contribution is -1.85. The molecule has 0 saturated carbocycles.